The predicted octanol–water partition coefficient (Wildman–Crippen LogP) is 0.592. The lowest BCUT2D eigenvalue weighted by atomic mass is 9.99. The molecule has 0 aliphatic carbocycles. The van der Waals surface area contributed by atoms with Crippen LogP contribution in [-0.4, -0.2) is 31.7 Å². The molecule has 2 aromatic heterocycles. The van der Waals surface area contributed by atoms with Crippen molar-refractivity contribution in [3.8, 4) is 6.07 Å². The SMILES string of the molecule is Cc1[nH]c(=O)c(C#N)c(C)c1CCC(=O)N[C@@H](C)Cn1cncn1. The van der Waals surface area contributed by atoms with E-state index in [1.54, 1.807) is 24.9 Å². The molecule has 0 spiro atoms. The van der Waals surface area contributed by atoms with Crippen molar-refractivity contribution < 1.29 is 4.79 Å². The molecule has 0 unspecified atom stereocenters. The highest BCUT2D eigenvalue weighted by molar-refractivity contribution is 5.76. The van der Waals surface area contributed by atoms with Crippen LogP contribution in [-0.2, 0) is 17.8 Å². The average molecular weight is 328 g/mol. The van der Waals surface area contributed by atoms with Gasteiger partial charge in [-0.2, -0.15) is 10.4 Å². The standard InChI is InChI=1S/C16H20N6O2/c1-10(7-22-9-18-8-19-22)20-15(23)5-4-13-11(2)14(6-17)16(24)21-12(13)3/h8-10H,4-5,7H2,1-3H3,(H,20,23)(H,21,24)/t10-/m0/s1. The average Bonchev–Trinajstić information content (AvgIpc) is 2.99. The van der Waals surface area contributed by atoms with Gasteiger partial charge < -0.3 is 10.3 Å². The molecule has 2 N–H and O–H groups in total. The Bertz CT molecular complexity index is 816. The zero-order chi connectivity index (χ0) is 17.7. The second-order valence-corrected chi connectivity index (χ2v) is 5.76. The Morgan fingerprint density at radius 1 is 1.50 bits per heavy atom. The van der Waals surface area contributed by atoms with Crippen LogP contribution in [0.1, 0.15) is 35.7 Å². The molecule has 24 heavy (non-hydrogen) atoms. The summed E-state index contributed by atoms with van der Waals surface area (Å²) in [5, 5.41) is 16.0. The van der Waals surface area contributed by atoms with Gasteiger partial charge in [0.2, 0.25) is 5.91 Å². The fraction of sp³-hybridized carbons (Fsp3) is 0.438. The first-order valence-corrected chi connectivity index (χ1v) is 7.66. The zero-order valence-electron chi connectivity index (χ0n) is 14.0. The van der Waals surface area contributed by atoms with E-state index in [0.29, 0.717) is 24.2 Å². The molecule has 0 saturated heterocycles. The first-order chi connectivity index (χ1) is 11.4. The highest BCUT2D eigenvalue weighted by atomic mass is 16.1. The van der Waals surface area contributed by atoms with Crippen LogP contribution in [0, 0.1) is 25.2 Å². The van der Waals surface area contributed by atoms with Gasteiger partial charge in [-0.05, 0) is 38.3 Å². The van der Waals surface area contributed by atoms with Crippen molar-refractivity contribution in [1.29, 1.82) is 5.26 Å². The minimum Gasteiger partial charge on any atom is -0.352 e. The van der Waals surface area contributed by atoms with Crippen molar-refractivity contribution in [3.63, 3.8) is 0 Å². The van der Waals surface area contributed by atoms with E-state index in [-0.39, 0.29) is 29.5 Å². The molecule has 0 fully saturated rings. The number of aryl methyl sites for hydroxylation is 1. The Hall–Kier alpha value is -2.95. The van der Waals surface area contributed by atoms with Crippen LogP contribution >= 0.6 is 0 Å². The number of aromatic nitrogens is 4. The monoisotopic (exact) mass is 328 g/mol. The maximum atomic E-state index is 12.1. The van der Waals surface area contributed by atoms with Gasteiger partial charge in [0.15, 0.2) is 0 Å². The van der Waals surface area contributed by atoms with Crippen molar-refractivity contribution in [1.82, 2.24) is 25.1 Å². The summed E-state index contributed by atoms with van der Waals surface area (Å²) in [6.45, 7) is 5.95. The summed E-state index contributed by atoms with van der Waals surface area (Å²) in [6.07, 6.45) is 3.79. The van der Waals surface area contributed by atoms with Crippen molar-refractivity contribution in [3.05, 3.63) is 45.4 Å². The number of nitrogens with zero attached hydrogens (tertiary/aromatic N) is 4. The van der Waals surface area contributed by atoms with Crippen LogP contribution in [0.25, 0.3) is 0 Å². The van der Waals surface area contributed by atoms with E-state index < -0.39 is 0 Å². The van der Waals surface area contributed by atoms with Crippen LogP contribution in [0.2, 0.25) is 0 Å². The molecular weight excluding hydrogens is 308 g/mol. The maximum absolute atomic E-state index is 12.1. The zero-order valence-corrected chi connectivity index (χ0v) is 14.0. The van der Waals surface area contributed by atoms with E-state index in [4.69, 9.17) is 5.26 Å². The Kier molecular flexibility index (Phi) is 5.47. The van der Waals surface area contributed by atoms with Gasteiger partial charge in [0.1, 0.15) is 24.3 Å². The molecular formula is C16H20N6O2. The van der Waals surface area contributed by atoms with E-state index in [9.17, 15) is 9.59 Å². The number of aromatic amines is 1. The molecule has 1 atom stereocenters. The molecule has 0 aliphatic rings. The smallest absolute Gasteiger partial charge is 0.266 e. The summed E-state index contributed by atoms with van der Waals surface area (Å²) in [7, 11) is 0. The molecule has 8 heteroatoms. The summed E-state index contributed by atoms with van der Waals surface area (Å²) in [4.78, 5) is 30.3. The molecule has 0 bridgehead atoms. The number of pyridine rings is 1. The van der Waals surface area contributed by atoms with Crippen molar-refractivity contribution in [2.75, 3.05) is 0 Å². The molecule has 0 aliphatic heterocycles. The highest BCUT2D eigenvalue weighted by Gasteiger charge is 2.14. The van der Waals surface area contributed by atoms with Crippen molar-refractivity contribution in [2.45, 2.75) is 46.2 Å². The van der Waals surface area contributed by atoms with Gasteiger partial charge in [0.25, 0.3) is 5.56 Å². The Morgan fingerprint density at radius 2 is 2.25 bits per heavy atom. The highest BCUT2D eigenvalue weighted by Crippen LogP contribution is 2.14. The first-order valence-electron chi connectivity index (χ1n) is 7.66. The minimum absolute atomic E-state index is 0.0772. The van der Waals surface area contributed by atoms with Crippen LogP contribution in [0.4, 0.5) is 0 Å². The van der Waals surface area contributed by atoms with Gasteiger partial charge in [-0.25, -0.2) is 4.98 Å². The number of hydrogen-bond donors (Lipinski definition) is 2. The van der Waals surface area contributed by atoms with Crippen LogP contribution in [0.5, 0.6) is 0 Å². The number of hydrogen-bond acceptors (Lipinski definition) is 5. The third-order valence-electron chi connectivity index (χ3n) is 3.86. The lowest BCUT2D eigenvalue weighted by molar-refractivity contribution is -0.121. The van der Waals surface area contributed by atoms with Crippen LogP contribution in [0.3, 0.4) is 0 Å². The second-order valence-electron chi connectivity index (χ2n) is 5.76. The largest absolute Gasteiger partial charge is 0.352 e. The molecule has 8 nitrogen and oxygen atoms in total. The number of carbonyl (C=O) groups is 1. The summed E-state index contributed by atoms with van der Waals surface area (Å²) < 4.78 is 1.65. The number of carbonyl (C=O) groups excluding carboxylic acids is 1. The third kappa shape index (κ3) is 4.07. The minimum atomic E-state index is -0.387. The molecule has 1 amide bonds. The van der Waals surface area contributed by atoms with E-state index >= 15 is 0 Å². The molecule has 126 valence electrons. The summed E-state index contributed by atoms with van der Waals surface area (Å²) in [6, 6.07) is 1.84. The lowest BCUT2D eigenvalue weighted by Gasteiger charge is -2.15. The topological polar surface area (TPSA) is 116 Å². The van der Waals surface area contributed by atoms with Crippen LogP contribution in [0.15, 0.2) is 17.4 Å². The molecule has 0 saturated carbocycles. The van der Waals surface area contributed by atoms with Gasteiger partial charge >= 0.3 is 0 Å². The van der Waals surface area contributed by atoms with Gasteiger partial charge in [-0.1, -0.05) is 0 Å². The number of nitrogens with one attached hydrogen (secondary N) is 2. The Balaban J connectivity index is 1.97. The third-order valence-corrected chi connectivity index (χ3v) is 3.86. The number of nitriles is 1. The van der Waals surface area contributed by atoms with E-state index in [1.807, 2.05) is 13.0 Å². The molecule has 0 aromatic carbocycles. The van der Waals surface area contributed by atoms with Gasteiger partial charge in [-0.15, -0.1) is 0 Å². The van der Waals surface area contributed by atoms with E-state index in [2.05, 4.69) is 20.4 Å². The molecule has 2 aromatic rings. The van der Waals surface area contributed by atoms with E-state index in [0.717, 1.165) is 5.56 Å². The number of amides is 1. The fourth-order valence-corrected chi connectivity index (χ4v) is 2.66. The van der Waals surface area contributed by atoms with Crippen molar-refractivity contribution >= 4 is 5.91 Å². The first kappa shape index (κ1) is 17.4. The van der Waals surface area contributed by atoms with E-state index in [1.165, 1.54) is 6.33 Å². The Morgan fingerprint density at radius 3 is 2.88 bits per heavy atom. The number of rotatable bonds is 6. The summed E-state index contributed by atoms with van der Waals surface area (Å²) in [5.41, 5.74) is 1.89. The predicted molar refractivity (Wildman–Crippen MR) is 87.2 cm³/mol. The summed E-state index contributed by atoms with van der Waals surface area (Å²) >= 11 is 0. The molecule has 2 heterocycles. The molecule has 2 rings (SSSR count). The number of H-pyrrole nitrogens is 1. The van der Waals surface area contributed by atoms with Gasteiger partial charge in [0.05, 0.1) is 6.54 Å². The normalized spacial score (nSPS) is 11.8. The quantitative estimate of drug-likeness (QED) is 0.805. The molecule has 0 radical (unpaired) electrons. The van der Waals surface area contributed by atoms with Crippen LogP contribution < -0.4 is 10.9 Å². The van der Waals surface area contributed by atoms with Crippen molar-refractivity contribution in [2.24, 2.45) is 0 Å². The fourth-order valence-electron chi connectivity index (χ4n) is 2.66. The summed E-state index contributed by atoms with van der Waals surface area (Å²) in [5.74, 6) is -0.0916. The second kappa shape index (κ2) is 7.55. The Labute approximate surface area is 139 Å². The van der Waals surface area contributed by atoms with Gasteiger partial charge in [-0.3, -0.25) is 14.3 Å². The maximum Gasteiger partial charge on any atom is 0.266 e. The van der Waals surface area contributed by atoms with Gasteiger partial charge in [0, 0.05) is 18.2 Å². The lowest BCUT2D eigenvalue weighted by Crippen LogP contribution is -2.36.